The van der Waals surface area contributed by atoms with Crippen molar-refractivity contribution < 1.29 is 9.47 Å². The van der Waals surface area contributed by atoms with Crippen LogP contribution in [0.2, 0.25) is 0 Å². The van der Waals surface area contributed by atoms with Gasteiger partial charge in [-0.05, 0) is 51.2 Å². The summed E-state index contributed by atoms with van der Waals surface area (Å²) in [7, 11) is 5.80. The summed E-state index contributed by atoms with van der Waals surface area (Å²) in [6, 6.07) is 16.2. The van der Waals surface area contributed by atoms with Crippen molar-refractivity contribution in [3.8, 4) is 11.5 Å². The van der Waals surface area contributed by atoms with Gasteiger partial charge >= 0.3 is 0 Å². The van der Waals surface area contributed by atoms with E-state index in [2.05, 4.69) is 60.8 Å². The molecule has 2 aromatic carbocycles. The van der Waals surface area contributed by atoms with E-state index >= 15 is 0 Å². The van der Waals surface area contributed by atoms with Crippen molar-refractivity contribution in [2.45, 2.75) is 33.0 Å². The van der Waals surface area contributed by atoms with Crippen molar-refractivity contribution >= 4 is 29.9 Å². The average molecular weight is 526 g/mol. The average Bonchev–Trinajstić information content (AvgIpc) is 2.70. The monoisotopic (exact) mass is 526 g/mol. The van der Waals surface area contributed by atoms with E-state index in [-0.39, 0.29) is 30.1 Å². The van der Waals surface area contributed by atoms with Crippen LogP contribution in [-0.4, -0.2) is 51.3 Å². The van der Waals surface area contributed by atoms with Gasteiger partial charge in [-0.1, -0.05) is 36.4 Å². The van der Waals surface area contributed by atoms with Crippen molar-refractivity contribution in [1.82, 2.24) is 15.5 Å². The van der Waals surface area contributed by atoms with Gasteiger partial charge in [0.15, 0.2) is 17.5 Å². The second-order valence-electron chi connectivity index (χ2n) is 7.21. The van der Waals surface area contributed by atoms with Crippen LogP contribution < -0.4 is 20.1 Å². The van der Waals surface area contributed by atoms with Gasteiger partial charge in [0.1, 0.15) is 6.10 Å². The lowest BCUT2D eigenvalue weighted by atomic mass is 10.1. The molecular weight excluding hydrogens is 491 g/mol. The molecule has 1 atom stereocenters. The second kappa shape index (κ2) is 14.1. The number of nitrogens with zero attached hydrogens (tertiary/aromatic N) is 2. The zero-order chi connectivity index (χ0) is 21.1. The van der Waals surface area contributed by atoms with E-state index in [1.807, 2.05) is 31.2 Å². The number of nitrogens with one attached hydrogen (secondary N) is 2. The molecule has 30 heavy (non-hydrogen) atoms. The number of guanidine groups is 1. The summed E-state index contributed by atoms with van der Waals surface area (Å²) in [5.74, 6) is 2.25. The Morgan fingerprint density at radius 2 is 1.73 bits per heavy atom. The zero-order valence-electron chi connectivity index (χ0n) is 18.6. The summed E-state index contributed by atoms with van der Waals surface area (Å²) < 4.78 is 11.4. The first-order chi connectivity index (χ1) is 14.0. The molecule has 0 amide bonds. The maximum absolute atomic E-state index is 6.01. The quantitative estimate of drug-likeness (QED) is 0.280. The van der Waals surface area contributed by atoms with Gasteiger partial charge in [0.25, 0.3) is 0 Å². The molecule has 166 valence electrons. The lowest BCUT2D eigenvalue weighted by Crippen LogP contribution is -2.41. The Labute approximate surface area is 198 Å². The first-order valence-corrected chi connectivity index (χ1v) is 10.1. The molecule has 7 heteroatoms. The maximum atomic E-state index is 6.01. The SMILES string of the molecule is CCNC(=NCc1cccc(CN(C)C)c1)NCC(C)Oc1ccccc1OC.I. The number of aliphatic imine (C=N–C) groups is 1. The molecule has 0 bridgehead atoms. The molecule has 0 saturated carbocycles. The highest BCUT2D eigenvalue weighted by Gasteiger charge is 2.09. The highest BCUT2D eigenvalue weighted by atomic mass is 127. The Morgan fingerprint density at radius 1 is 1.03 bits per heavy atom. The fraction of sp³-hybridized carbons (Fsp3) is 0.435. The highest BCUT2D eigenvalue weighted by Crippen LogP contribution is 2.26. The molecular formula is C23H35IN4O2. The third kappa shape index (κ3) is 9.21. The molecule has 2 N–H and O–H groups in total. The third-order valence-corrected chi connectivity index (χ3v) is 4.21. The van der Waals surface area contributed by atoms with Crippen molar-refractivity contribution in [3.63, 3.8) is 0 Å². The molecule has 0 radical (unpaired) electrons. The molecule has 0 saturated heterocycles. The Kier molecular flexibility index (Phi) is 12.2. The number of hydrogen-bond acceptors (Lipinski definition) is 4. The fourth-order valence-corrected chi connectivity index (χ4v) is 2.92. The van der Waals surface area contributed by atoms with Gasteiger partial charge in [0.05, 0.1) is 20.2 Å². The van der Waals surface area contributed by atoms with Crippen LogP contribution in [0.5, 0.6) is 11.5 Å². The van der Waals surface area contributed by atoms with Gasteiger partial charge in [-0.3, -0.25) is 0 Å². The molecule has 0 heterocycles. The minimum Gasteiger partial charge on any atom is -0.493 e. The molecule has 2 aromatic rings. The molecule has 6 nitrogen and oxygen atoms in total. The molecule has 0 fully saturated rings. The van der Waals surface area contributed by atoms with E-state index < -0.39 is 0 Å². The van der Waals surface area contributed by atoms with Crippen LogP contribution >= 0.6 is 24.0 Å². The van der Waals surface area contributed by atoms with E-state index in [1.54, 1.807) is 7.11 Å². The topological polar surface area (TPSA) is 58.1 Å². The number of benzene rings is 2. The van der Waals surface area contributed by atoms with Gasteiger partial charge in [-0.25, -0.2) is 4.99 Å². The van der Waals surface area contributed by atoms with Gasteiger partial charge in [0.2, 0.25) is 0 Å². The van der Waals surface area contributed by atoms with Crippen molar-refractivity contribution in [1.29, 1.82) is 0 Å². The summed E-state index contributed by atoms with van der Waals surface area (Å²) in [5.41, 5.74) is 2.49. The Hall–Kier alpha value is -2.00. The lowest BCUT2D eigenvalue weighted by Gasteiger charge is -2.19. The third-order valence-electron chi connectivity index (χ3n) is 4.21. The van der Waals surface area contributed by atoms with Crippen molar-refractivity contribution in [2.75, 3.05) is 34.3 Å². The number of halogens is 1. The zero-order valence-corrected chi connectivity index (χ0v) is 21.0. The minimum absolute atomic E-state index is 0. The molecule has 0 aliphatic carbocycles. The number of methoxy groups -OCH3 is 1. The summed E-state index contributed by atoms with van der Waals surface area (Å²) in [5, 5.41) is 6.65. The number of hydrogen-bond donors (Lipinski definition) is 2. The summed E-state index contributed by atoms with van der Waals surface area (Å²) in [4.78, 5) is 6.88. The van der Waals surface area contributed by atoms with Crippen LogP contribution in [0.3, 0.4) is 0 Å². The summed E-state index contributed by atoms with van der Waals surface area (Å²) in [6.45, 7) is 7.06. The highest BCUT2D eigenvalue weighted by molar-refractivity contribution is 14.0. The molecule has 0 aliphatic rings. The second-order valence-corrected chi connectivity index (χ2v) is 7.21. The lowest BCUT2D eigenvalue weighted by molar-refractivity contribution is 0.213. The standard InChI is InChI=1S/C23H34N4O2.HI/c1-6-24-23(26-16-19-10-9-11-20(14-19)17-27(3)4)25-15-18(2)29-22-13-8-7-12-21(22)28-5;/h7-14,18H,6,15-17H2,1-5H3,(H2,24,25,26);1H. The van der Waals surface area contributed by atoms with Gasteiger partial charge < -0.3 is 25.0 Å². The Balaban J connectivity index is 0.00000450. The van der Waals surface area contributed by atoms with E-state index in [9.17, 15) is 0 Å². The van der Waals surface area contributed by atoms with Crippen molar-refractivity contribution in [2.24, 2.45) is 4.99 Å². The Bertz CT molecular complexity index is 783. The first-order valence-electron chi connectivity index (χ1n) is 10.1. The van der Waals surface area contributed by atoms with Crippen LogP contribution in [-0.2, 0) is 13.1 Å². The van der Waals surface area contributed by atoms with Crippen molar-refractivity contribution in [3.05, 3.63) is 59.7 Å². The van der Waals surface area contributed by atoms with Crippen LogP contribution in [0.4, 0.5) is 0 Å². The first kappa shape index (κ1) is 26.0. The van der Waals surface area contributed by atoms with Crippen LogP contribution in [0.25, 0.3) is 0 Å². The predicted molar refractivity (Wildman–Crippen MR) is 135 cm³/mol. The maximum Gasteiger partial charge on any atom is 0.191 e. The Morgan fingerprint density at radius 3 is 2.40 bits per heavy atom. The minimum atomic E-state index is -0.0430. The summed E-state index contributed by atoms with van der Waals surface area (Å²) >= 11 is 0. The largest absolute Gasteiger partial charge is 0.493 e. The van der Waals surface area contributed by atoms with Crippen LogP contribution in [0.1, 0.15) is 25.0 Å². The predicted octanol–water partition coefficient (Wildman–Crippen LogP) is 3.90. The molecule has 0 aromatic heterocycles. The van der Waals surface area contributed by atoms with Crippen LogP contribution in [0, 0.1) is 0 Å². The molecule has 2 rings (SSSR count). The van der Waals surface area contributed by atoms with Crippen LogP contribution in [0.15, 0.2) is 53.5 Å². The number of ether oxygens (including phenoxy) is 2. The summed E-state index contributed by atoms with van der Waals surface area (Å²) in [6.07, 6.45) is -0.0430. The molecule has 1 unspecified atom stereocenters. The van der Waals surface area contributed by atoms with E-state index in [0.29, 0.717) is 13.1 Å². The van der Waals surface area contributed by atoms with E-state index in [0.717, 1.165) is 30.5 Å². The van der Waals surface area contributed by atoms with E-state index in [1.165, 1.54) is 11.1 Å². The normalized spacial score (nSPS) is 12.1. The number of para-hydroxylation sites is 2. The van der Waals surface area contributed by atoms with Gasteiger partial charge in [-0.15, -0.1) is 24.0 Å². The number of rotatable bonds is 10. The van der Waals surface area contributed by atoms with Gasteiger partial charge in [-0.2, -0.15) is 0 Å². The molecule has 0 aliphatic heterocycles. The van der Waals surface area contributed by atoms with E-state index in [4.69, 9.17) is 14.5 Å². The molecule has 0 spiro atoms. The van der Waals surface area contributed by atoms with Gasteiger partial charge in [0, 0.05) is 13.1 Å². The fourth-order valence-electron chi connectivity index (χ4n) is 2.92. The smallest absolute Gasteiger partial charge is 0.191 e.